The molecule has 0 aliphatic heterocycles. The molecule has 1 heterocycles. The molecular formula is C9H9ClN4O4. The monoisotopic (exact) mass is 272 g/mol. The Kier molecular flexibility index (Phi) is 3.58. The molecule has 1 unspecified atom stereocenters. The number of alkyl halides is 1. The fourth-order valence-corrected chi connectivity index (χ4v) is 1.56. The molecule has 0 radical (unpaired) electrons. The van der Waals surface area contributed by atoms with Crippen LogP contribution in [-0.2, 0) is 0 Å². The fraction of sp³-hybridized carbons (Fsp3) is 0.333. The van der Waals surface area contributed by atoms with Gasteiger partial charge in [-0.25, -0.2) is 4.63 Å². The molecule has 0 saturated heterocycles. The minimum Gasteiger partial charge on any atom is -0.390 e. The number of anilines is 1. The molecule has 0 spiro atoms. The van der Waals surface area contributed by atoms with Gasteiger partial charge in [-0.15, -0.1) is 11.6 Å². The number of aromatic nitrogens is 2. The lowest BCUT2D eigenvalue weighted by molar-refractivity contribution is -0.382. The molecule has 2 N–H and O–H groups in total. The summed E-state index contributed by atoms with van der Waals surface area (Å²) in [6.45, 7) is 0.0983. The first-order valence-corrected chi connectivity index (χ1v) is 5.54. The average Bonchev–Trinajstić information content (AvgIpc) is 2.82. The van der Waals surface area contributed by atoms with E-state index in [-0.39, 0.29) is 29.3 Å². The molecule has 8 nitrogen and oxygen atoms in total. The van der Waals surface area contributed by atoms with Crippen molar-refractivity contribution in [2.45, 2.75) is 6.10 Å². The second-order valence-corrected chi connectivity index (χ2v) is 3.85. The highest BCUT2D eigenvalue weighted by Gasteiger charge is 2.22. The number of halogens is 1. The second-order valence-electron chi connectivity index (χ2n) is 3.54. The van der Waals surface area contributed by atoms with Crippen LogP contribution in [0, 0.1) is 10.1 Å². The van der Waals surface area contributed by atoms with Gasteiger partial charge in [0.05, 0.1) is 16.9 Å². The zero-order valence-corrected chi connectivity index (χ0v) is 9.79. The van der Waals surface area contributed by atoms with E-state index in [2.05, 4.69) is 20.3 Å². The third kappa shape index (κ3) is 2.34. The van der Waals surface area contributed by atoms with Gasteiger partial charge in [0.25, 0.3) is 0 Å². The maximum absolute atomic E-state index is 11.0. The zero-order chi connectivity index (χ0) is 13.1. The second kappa shape index (κ2) is 5.15. The van der Waals surface area contributed by atoms with E-state index >= 15 is 0 Å². The summed E-state index contributed by atoms with van der Waals surface area (Å²) >= 11 is 5.44. The summed E-state index contributed by atoms with van der Waals surface area (Å²) in [6, 6.07) is 3.01. The summed E-state index contributed by atoms with van der Waals surface area (Å²) in [6.07, 6.45) is -0.794. The summed E-state index contributed by atoms with van der Waals surface area (Å²) in [4.78, 5) is 10.4. The quantitative estimate of drug-likeness (QED) is 0.476. The van der Waals surface area contributed by atoms with Crippen LogP contribution < -0.4 is 5.32 Å². The molecule has 1 aromatic heterocycles. The lowest BCUT2D eigenvalue weighted by Crippen LogP contribution is -2.21. The summed E-state index contributed by atoms with van der Waals surface area (Å²) in [7, 11) is 0. The minimum absolute atomic E-state index is 0.0363. The zero-order valence-electron chi connectivity index (χ0n) is 9.04. The molecule has 18 heavy (non-hydrogen) atoms. The van der Waals surface area contributed by atoms with Crippen LogP contribution in [0.3, 0.4) is 0 Å². The van der Waals surface area contributed by atoms with E-state index in [4.69, 9.17) is 11.6 Å². The van der Waals surface area contributed by atoms with E-state index in [9.17, 15) is 15.2 Å². The van der Waals surface area contributed by atoms with Crippen molar-refractivity contribution in [3.63, 3.8) is 0 Å². The predicted octanol–water partition coefficient (Wildman–Crippen LogP) is 1.14. The maximum atomic E-state index is 11.0. The number of nitrogens with zero attached hydrogens (tertiary/aromatic N) is 3. The molecule has 0 fully saturated rings. The van der Waals surface area contributed by atoms with Crippen molar-refractivity contribution in [2.75, 3.05) is 17.7 Å². The maximum Gasteiger partial charge on any atom is 0.323 e. The minimum atomic E-state index is -0.794. The third-order valence-electron chi connectivity index (χ3n) is 2.29. The van der Waals surface area contributed by atoms with Gasteiger partial charge in [0.15, 0.2) is 0 Å². The Balaban J connectivity index is 2.37. The summed E-state index contributed by atoms with van der Waals surface area (Å²) < 4.78 is 4.45. The van der Waals surface area contributed by atoms with Gasteiger partial charge in [-0.3, -0.25) is 10.1 Å². The van der Waals surface area contributed by atoms with Crippen LogP contribution >= 0.6 is 11.6 Å². The van der Waals surface area contributed by atoms with E-state index in [0.717, 1.165) is 0 Å². The molecule has 2 rings (SSSR count). The van der Waals surface area contributed by atoms with Crippen LogP contribution in [0.25, 0.3) is 11.0 Å². The number of fused-ring (bicyclic) bond motifs is 1. The summed E-state index contributed by atoms with van der Waals surface area (Å²) in [5.74, 6) is 0.0363. The normalized spacial score (nSPS) is 12.6. The van der Waals surface area contributed by atoms with Crippen LogP contribution in [0.2, 0.25) is 0 Å². The van der Waals surface area contributed by atoms with Crippen LogP contribution in [0.4, 0.5) is 11.4 Å². The Hall–Kier alpha value is -1.93. The van der Waals surface area contributed by atoms with Crippen LogP contribution in [0.5, 0.6) is 0 Å². The highest BCUT2D eigenvalue weighted by atomic mass is 35.5. The molecule has 0 bridgehead atoms. The van der Waals surface area contributed by atoms with Gasteiger partial charge in [0.1, 0.15) is 11.2 Å². The smallest absolute Gasteiger partial charge is 0.323 e. The van der Waals surface area contributed by atoms with Crippen molar-refractivity contribution >= 4 is 34.0 Å². The van der Waals surface area contributed by atoms with Gasteiger partial charge in [-0.2, -0.15) is 0 Å². The Morgan fingerprint density at radius 1 is 1.56 bits per heavy atom. The van der Waals surface area contributed by atoms with Gasteiger partial charge in [0.2, 0.25) is 5.52 Å². The molecule has 0 aliphatic carbocycles. The number of hydrogen-bond acceptors (Lipinski definition) is 7. The summed E-state index contributed by atoms with van der Waals surface area (Å²) in [5, 5.41) is 30.1. The lowest BCUT2D eigenvalue weighted by atomic mass is 10.2. The molecule has 0 aliphatic rings. The van der Waals surface area contributed by atoms with Gasteiger partial charge in [0, 0.05) is 6.54 Å². The topological polar surface area (TPSA) is 114 Å². The molecular weight excluding hydrogens is 264 g/mol. The Labute approximate surface area is 106 Å². The van der Waals surface area contributed by atoms with E-state index in [0.29, 0.717) is 5.52 Å². The first kappa shape index (κ1) is 12.5. The number of nitro benzene ring substituents is 1. The highest BCUT2D eigenvalue weighted by molar-refractivity contribution is 6.18. The largest absolute Gasteiger partial charge is 0.390 e. The van der Waals surface area contributed by atoms with Crippen molar-refractivity contribution in [3.8, 4) is 0 Å². The van der Waals surface area contributed by atoms with Crippen molar-refractivity contribution in [3.05, 3.63) is 22.2 Å². The molecule has 0 amide bonds. The first-order chi connectivity index (χ1) is 8.63. The van der Waals surface area contributed by atoms with Gasteiger partial charge < -0.3 is 10.4 Å². The van der Waals surface area contributed by atoms with Crippen molar-refractivity contribution in [1.82, 2.24) is 10.3 Å². The van der Waals surface area contributed by atoms with Gasteiger partial charge >= 0.3 is 5.69 Å². The highest BCUT2D eigenvalue weighted by Crippen LogP contribution is 2.31. The standard InChI is InChI=1S/C9H9ClN4O4/c10-3-5(15)4-11-7-2-1-6-8(13-18-12-6)9(7)14(16)17/h1-2,5,11,15H,3-4H2. The van der Waals surface area contributed by atoms with Crippen molar-refractivity contribution < 1.29 is 14.7 Å². The van der Waals surface area contributed by atoms with Crippen molar-refractivity contribution in [1.29, 1.82) is 0 Å². The fourth-order valence-electron chi connectivity index (χ4n) is 1.45. The number of nitro groups is 1. The third-order valence-corrected chi connectivity index (χ3v) is 2.65. The number of aliphatic hydroxyl groups excluding tert-OH is 1. The number of nitrogens with one attached hydrogen (secondary N) is 1. The Morgan fingerprint density at radius 2 is 2.33 bits per heavy atom. The number of aliphatic hydroxyl groups is 1. The SMILES string of the molecule is O=[N+]([O-])c1c(NCC(O)CCl)ccc2nonc12. The van der Waals surface area contributed by atoms with Crippen molar-refractivity contribution in [2.24, 2.45) is 0 Å². The number of rotatable bonds is 5. The van der Waals surface area contributed by atoms with E-state index < -0.39 is 11.0 Å². The number of hydrogen-bond donors (Lipinski definition) is 2. The van der Waals surface area contributed by atoms with Crippen LogP contribution in [0.15, 0.2) is 16.8 Å². The van der Waals surface area contributed by atoms with Gasteiger partial charge in [-0.1, -0.05) is 0 Å². The van der Waals surface area contributed by atoms with Crippen LogP contribution in [0.1, 0.15) is 0 Å². The molecule has 1 aromatic carbocycles. The molecule has 96 valence electrons. The lowest BCUT2D eigenvalue weighted by Gasteiger charge is -2.09. The molecule has 2 aromatic rings. The predicted molar refractivity (Wildman–Crippen MR) is 63.7 cm³/mol. The van der Waals surface area contributed by atoms with E-state index in [1.54, 1.807) is 0 Å². The van der Waals surface area contributed by atoms with Crippen LogP contribution in [-0.4, -0.2) is 38.9 Å². The molecule has 9 heteroatoms. The Bertz CT molecular complexity index is 573. The molecule has 0 saturated carbocycles. The average molecular weight is 273 g/mol. The first-order valence-electron chi connectivity index (χ1n) is 5.01. The summed E-state index contributed by atoms with van der Waals surface area (Å²) in [5.41, 5.74) is 0.346. The van der Waals surface area contributed by atoms with E-state index in [1.165, 1.54) is 12.1 Å². The van der Waals surface area contributed by atoms with E-state index in [1.807, 2.05) is 0 Å². The molecule has 1 atom stereocenters. The number of benzene rings is 1. The Morgan fingerprint density at radius 3 is 3.00 bits per heavy atom. The van der Waals surface area contributed by atoms with Gasteiger partial charge in [-0.05, 0) is 22.4 Å².